The third-order valence-electron chi connectivity index (χ3n) is 3.75. The predicted octanol–water partition coefficient (Wildman–Crippen LogP) is 4.82. The zero-order valence-corrected chi connectivity index (χ0v) is 16.6. The highest BCUT2D eigenvalue weighted by Gasteiger charge is 2.16. The molecule has 2 N–H and O–H groups in total. The summed E-state index contributed by atoms with van der Waals surface area (Å²) in [6.07, 6.45) is 1.65. The van der Waals surface area contributed by atoms with Gasteiger partial charge in [-0.1, -0.05) is 23.8 Å². The lowest BCUT2D eigenvalue weighted by molar-refractivity contribution is -0.115. The minimum atomic E-state index is -0.294. The molecule has 138 valence electrons. The van der Waals surface area contributed by atoms with E-state index in [2.05, 4.69) is 15.6 Å². The molecule has 0 aliphatic heterocycles. The number of hydrogen-bond acceptors (Lipinski definition) is 5. The summed E-state index contributed by atoms with van der Waals surface area (Å²) in [7, 11) is 0. The van der Waals surface area contributed by atoms with E-state index in [1.165, 1.54) is 23.1 Å². The number of aryl methyl sites for hydroxylation is 1. The fourth-order valence-corrected chi connectivity index (χ4v) is 3.76. The van der Waals surface area contributed by atoms with Crippen LogP contribution >= 0.6 is 23.1 Å². The van der Waals surface area contributed by atoms with Crippen molar-refractivity contribution >= 4 is 45.7 Å². The third-order valence-corrected chi connectivity index (χ3v) is 5.53. The molecule has 1 aromatic heterocycles. The Morgan fingerprint density at radius 3 is 2.59 bits per heavy atom. The Balaban J connectivity index is 1.62. The number of aromatic nitrogens is 1. The first kappa shape index (κ1) is 19.1. The smallest absolute Gasteiger partial charge is 0.255 e. The van der Waals surface area contributed by atoms with Crippen molar-refractivity contribution in [1.29, 1.82) is 0 Å². The topological polar surface area (TPSA) is 71.1 Å². The number of carbonyl (C=O) groups excluding carboxylic acids is 2. The second-order valence-corrected chi connectivity index (χ2v) is 8.24. The van der Waals surface area contributed by atoms with E-state index in [9.17, 15) is 9.59 Å². The average Bonchev–Trinajstić information content (AvgIpc) is 3.15. The monoisotopic (exact) mass is 397 g/mol. The summed E-state index contributed by atoms with van der Waals surface area (Å²) in [6, 6.07) is 14.9. The van der Waals surface area contributed by atoms with Crippen LogP contribution in [-0.4, -0.2) is 22.0 Å². The highest BCUT2D eigenvalue weighted by Crippen LogP contribution is 2.27. The molecule has 5 nitrogen and oxygen atoms in total. The SMILES string of the molecule is Cc1ccc(C(=O)Nc2cccc(SC(C)C(=O)Nc3nccs3)c2)cc1. The van der Waals surface area contributed by atoms with E-state index < -0.39 is 0 Å². The van der Waals surface area contributed by atoms with Gasteiger partial charge in [0.2, 0.25) is 5.91 Å². The highest BCUT2D eigenvalue weighted by atomic mass is 32.2. The standard InChI is InChI=1S/C20H19N3O2S2/c1-13-6-8-15(9-7-13)19(25)22-16-4-3-5-17(12-16)27-14(2)18(24)23-20-21-10-11-26-20/h3-12,14H,1-2H3,(H,22,25)(H,21,23,24). The van der Waals surface area contributed by atoms with Crippen molar-refractivity contribution in [3.05, 3.63) is 71.2 Å². The van der Waals surface area contributed by atoms with Crippen molar-refractivity contribution in [2.75, 3.05) is 10.6 Å². The van der Waals surface area contributed by atoms with Crippen molar-refractivity contribution in [1.82, 2.24) is 4.98 Å². The van der Waals surface area contributed by atoms with Crippen molar-refractivity contribution in [2.24, 2.45) is 0 Å². The van der Waals surface area contributed by atoms with E-state index in [4.69, 9.17) is 0 Å². The summed E-state index contributed by atoms with van der Waals surface area (Å²) in [4.78, 5) is 29.6. The van der Waals surface area contributed by atoms with Gasteiger partial charge in [0.1, 0.15) is 0 Å². The number of benzene rings is 2. The van der Waals surface area contributed by atoms with E-state index in [1.54, 1.807) is 18.3 Å². The van der Waals surface area contributed by atoms with Crippen LogP contribution in [0.5, 0.6) is 0 Å². The molecule has 0 aliphatic rings. The number of nitrogens with one attached hydrogen (secondary N) is 2. The zero-order valence-electron chi connectivity index (χ0n) is 14.9. The quantitative estimate of drug-likeness (QED) is 0.585. The van der Waals surface area contributed by atoms with E-state index in [1.807, 2.05) is 55.6 Å². The molecule has 0 aliphatic carbocycles. The Kier molecular flexibility index (Phi) is 6.26. The van der Waals surface area contributed by atoms with Crippen LogP contribution in [0.15, 0.2) is 65.0 Å². The number of amides is 2. The van der Waals surface area contributed by atoms with E-state index in [0.29, 0.717) is 16.4 Å². The number of carbonyl (C=O) groups is 2. The lowest BCUT2D eigenvalue weighted by Gasteiger charge is -2.12. The van der Waals surface area contributed by atoms with Crippen LogP contribution in [0.2, 0.25) is 0 Å². The Morgan fingerprint density at radius 2 is 1.89 bits per heavy atom. The maximum atomic E-state index is 12.4. The molecule has 3 aromatic rings. The van der Waals surface area contributed by atoms with Crippen LogP contribution < -0.4 is 10.6 Å². The second-order valence-electron chi connectivity index (χ2n) is 5.93. The van der Waals surface area contributed by atoms with Gasteiger partial charge in [-0.3, -0.25) is 9.59 Å². The van der Waals surface area contributed by atoms with Crippen LogP contribution in [0.25, 0.3) is 0 Å². The van der Waals surface area contributed by atoms with Crippen molar-refractivity contribution in [2.45, 2.75) is 24.0 Å². The summed E-state index contributed by atoms with van der Waals surface area (Å²) < 4.78 is 0. The Morgan fingerprint density at radius 1 is 1.11 bits per heavy atom. The van der Waals surface area contributed by atoms with Crippen LogP contribution in [0.1, 0.15) is 22.8 Å². The van der Waals surface area contributed by atoms with Gasteiger partial charge in [-0.05, 0) is 44.2 Å². The molecule has 0 bridgehead atoms. The average molecular weight is 398 g/mol. The highest BCUT2D eigenvalue weighted by molar-refractivity contribution is 8.00. The van der Waals surface area contributed by atoms with Gasteiger partial charge in [-0.2, -0.15) is 0 Å². The molecule has 0 saturated heterocycles. The molecule has 27 heavy (non-hydrogen) atoms. The molecule has 1 unspecified atom stereocenters. The number of rotatable bonds is 6. The first-order valence-electron chi connectivity index (χ1n) is 8.36. The molecular weight excluding hydrogens is 378 g/mol. The molecule has 2 amide bonds. The van der Waals surface area contributed by atoms with Crippen molar-refractivity contribution in [3.63, 3.8) is 0 Å². The zero-order chi connectivity index (χ0) is 19.2. The Hall–Kier alpha value is -2.64. The molecule has 3 rings (SSSR count). The molecule has 0 saturated carbocycles. The van der Waals surface area contributed by atoms with E-state index in [-0.39, 0.29) is 17.1 Å². The predicted molar refractivity (Wildman–Crippen MR) is 112 cm³/mol. The van der Waals surface area contributed by atoms with Gasteiger partial charge in [0.15, 0.2) is 5.13 Å². The Bertz CT molecular complexity index is 925. The van der Waals surface area contributed by atoms with Crippen LogP contribution in [0.4, 0.5) is 10.8 Å². The normalized spacial score (nSPS) is 11.6. The minimum Gasteiger partial charge on any atom is -0.322 e. The van der Waals surface area contributed by atoms with Gasteiger partial charge in [0, 0.05) is 27.7 Å². The fourth-order valence-electron chi connectivity index (χ4n) is 2.31. The maximum Gasteiger partial charge on any atom is 0.255 e. The molecule has 0 radical (unpaired) electrons. The number of thioether (sulfide) groups is 1. The first-order chi connectivity index (χ1) is 13.0. The van der Waals surface area contributed by atoms with Crippen molar-refractivity contribution < 1.29 is 9.59 Å². The largest absolute Gasteiger partial charge is 0.322 e. The maximum absolute atomic E-state index is 12.4. The van der Waals surface area contributed by atoms with Crippen LogP contribution in [-0.2, 0) is 4.79 Å². The molecule has 1 heterocycles. The number of nitrogens with zero attached hydrogens (tertiary/aromatic N) is 1. The molecule has 0 fully saturated rings. The summed E-state index contributed by atoms with van der Waals surface area (Å²) in [5, 5.41) is 7.80. The van der Waals surface area contributed by atoms with Gasteiger partial charge >= 0.3 is 0 Å². The van der Waals surface area contributed by atoms with Gasteiger partial charge in [-0.25, -0.2) is 4.98 Å². The lowest BCUT2D eigenvalue weighted by Crippen LogP contribution is -2.22. The molecular formula is C20H19N3O2S2. The number of hydrogen-bond donors (Lipinski definition) is 2. The lowest BCUT2D eigenvalue weighted by atomic mass is 10.1. The Labute approximate surface area is 166 Å². The molecule has 1 atom stereocenters. The minimum absolute atomic E-state index is 0.107. The van der Waals surface area contributed by atoms with Gasteiger partial charge in [-0.15, -0.1) is 23.1 Å². The number of anilines is 2. The van der Waals surface area contributed by atoms with Crippen molar-refractivity contribution in [3.8, 4) is 0 Å². The summed E-state index contributed by atoms with van der Waals surface area (Å²) in [6.45, 7) is 3.82. The van der Waals surface area contributed by atoms with Crippen LogP contribution in [0, 0.1) is 6.92 Å². The third kappa shape index (κ3) is 5.42. The summed E-state index contributed by atoms with van der Waals surface area (Å²) >= 11 is 2.81. The summed E-state index contributed by atoms with van der Waals surface area (Å²) in [5.41, 5.74) is 2.41. The first-order valence-corrected chi connectivity index (χ1v) is 10.1. The molecule has 0 spiro atoms. The summed E-state index contributed by atoms with van der Waals surface area (Å²) in [5.74, 6) is -0.268. The van der Waals surface area contributed by atoms with E-state index >= 15 is 0 Å². The van der Waals surface area contributed by atoms with Crippen LogP contribution in [0.3, 0.4) is 0 Å². The second kappa shape index (κ2) is 8.83. The fraction of sp³-hybridized carbons (Fsp3) is 0.150. The molecule has 7 heteroatoms. The van der Waals surface area contributed by atoms with Gasteiger partial charge in [0.05, 0.1) is 5.25 Å². The number of thiazole rings is 1. The van der Waals surface area contributed by atoms with E-state index in [0.717, 1.165) is 10.5 Å². The van der Waals surface area contributed by atoms with Gasteiger partial charge in [0.25, 0.3) is 5.91 Å². The molecule has 2 aromatic carbocycles. The van der Waals surface area contributed by atoms with Gasteiger partial charge < -0.3 is 10.6 Å².